The van der Waals surface area contributed by atoms with Crippen molar-refractivity contribution in [1.29, 1.82) is 0 Å². The summed E-state index contributed by atoms with van der Waals surface area (Å²) in [7, 11) is 1.67. The number of carbonyl (C=O) groups is 1. The number of nitrogens with one attached hydrogen (secondary N) is 1. The number of thioether (sulfide) groups is 1. The van der Waals surface area contributed by atoms with E-state index in [0.717, 1.165) is 54.1 Å². The van der Waals surface area contributed by atoms with Crippen LogP contribution in [0.1, 0.15) is 5.56 Å². The van der Waals surface area contributed by atoms with Crippen LogP contribution in [-0.4, -0.2) is 61.7 Å². The van der Waals surface area contributed by atoms with Crippen LogP contribution in [-0.2, 0) is 11.3 Å². The molecule has 1 aromatic heterocycles. The van der Waals surface area contributed by atoms with Crippen LogP contribution < -0.4 is 29.3 Å². The monoisotopic (exact) mass is 493 g/mol. The van der Waals surface area contributed by atoms with Crippen LogP contribution >= 0.6 is 11.8 Å². The van der Waals surface area contributed by atoms with Gasteiger partial charge in [0.05, 0.1) is 12.9 Å². The second kappa shape index (κ2) is 10.7. The Morgan fingerprint density at radius 2 is 1.74 bits per heavy atom. The normalized spacial score (nSPS) is 14.7. The maximum atomic E-state index is 12.5. The van der Waals surface area contributed by atoms with Gasteiger partial charge in [-0.15, -0.1) is 0 Å². The van der Waals surface area contributed by atoms with Gasteiger partial charge in [-0.25, -0.2) is 9.97 Å². The number of benzene rings is 2. The molecule has 0 atom stereocenters. The molecule has 182 valence electrons. The molecular formula is C25H27N5O4S. The Kier molecular flexibility index (Phi) is 7.08. The molecule has 3 aromatic rings. The van der Waals surface area contributed by atoms with Crippen molar-refractivity contribution in [3.8, 4) is 17.2 Å². The van der Waals surface area contributed by atoms with Gasteiger partial charge in [-0.05, 0) is 42.0 Å². The smallest absolute Gasteiger partial charge is 0.231 e. The first-order chi connectivity index (χ1) is 17.2. The number of methoxy groups -OCH3 is 1. The molecule has 3 heterocycles. The van der Waals surface area contributed by atoms with E-state index in [1.54, 1.807) is 19.5 Å². The number of aromatic nitrogens is 2. The zero-order chi connectivity index (χ0) is 24.0. The third kappa shape index (κ3) is 5.54. The fourth-order valence-corrected chi connectivity index (χ4v) is 4.86. The number of hydrogen-bond donors (Lipinski definition) is 1. The van der Waals surface area contributed by atoms with Gasteiger partial charge in [-0.3, -0.25) is 4.79 Å². The molecule has 2 aliphatic heterocycles. The average Bonchev–Trinajstić information content (AvgIpc) is 3.39. The third-order valence-corrected chi connectivity index (χ3v) is 6.90. The Hall–Kier alpha value is -3.66. The highest BCUT2D eigenvalue weighted by Crippen LogP contribution is 2.32. The summed E-state index contributed by atoms with van der Waals surface area (Å²) in [5.41, 5.74) is 2.14. The number of fused-ring (bicyclic) bond motifs is 1. The summed E-state index contributed by atoms with van der Waals surface area (Å²) >= 11 is 1.41. The van der Waals surface area contributed by atoms with Gasteiger partial charge in [-0.2, -0.15) is 0 Å². The van der Waals surface area contributed by atoms with Crippen LogP contribution in [0.25, 0.3) is 0 Å². The largest absolute Gasteiger partial charge is 0.497 e. The van der Waals surface area contributed by atoms with Crippen LogP contribution in [0.3, 0.4) is 0 Å². The Bertz CT molecular complexity index is 1170. The van der Waals surface area contributed by atoms with Gasteiger partial charge in [-0.1, -0.05) is 17.8 Å². The molecule has 1 N–H and O–H groups in total. The molecule has 0 unspecified atom stereocenters. The molecule has 5 rings (SSSR count). The summed E-state index contributed by atoms with van der Waals surface area (Å²) in [4.78, 5) is 26.2. The van der Waals surface area contributed by atoms with Crippen molar-refractivity contribution in [1.82, 2.24) is 15.3 Å². The van der Waals surface area contributed by atoms with E-state index in [4.69, 9.17) is 14.2 Å². The van der Waals surface area contributed by atoms with E-state index in [1.165, 1.54) is 17.4 Å². The summed E-state index contributed by atoms with van der Waals surface area (Å²) in [5.74, 6) is 3.33. The van der Waals surface area contributed by atoms with Crippen LogP contribution in [0.15, 0.2) is 59.9 Å². The van der Waals surface area contributed by atoms with Crippen molar-refractivity contribution in [2.75, 3.05) is 55.6 Å². The number of nitrogens with zero attached hydrogens (tertiary/aromatic N) is 4. The van der Waals surface area contributed by atoms with Gasteiger partial charge in [0.2, 0.25) is 12.7 Å². The Labute approximate surface area is 208 Å². The zero-order valence-electron chi connectivity index (χ0n) is 19.5. The molecule has 1 amide bonds. The first kappa shape index (κ1) is 23.1. The van der Waals surface area contributed by atoms with Crippen molar-refractivity contribution in [2.24, 2.45) is 0 Å². The molecule has 10 heteroatoms. The highest BCUT2D eigenvalue weighted by molar-refractivity contribution is 8.00. The summed E-state index contributed by atoms with van der Waals surface area (Å²) in [5, 5.41) is 3.73. The number of hydrogen-bond acceptors (Lipinski definition) is 9. The molecule has 2 aliphatic rings. The fraction of sp³-hybridized carbons (Fsp3) is 0.320. The van der Waals surface area contributed by atoms with Crippen molar-refractivity contribution < 1.29 is 19.0 Å². The lowest BCUT2D eigenvalue weighted by molar-refractivity contribution is -0.118. The van der Waals surface area contributed by atoms with Crippen LogP contribution in [0.2, 0.25) is 0 Å². The number of rotatable bonds is 8. The predicted octanol–water partition coefficient (Wildman–Crippen LogP) is 2.95. The first-order valence-corrected chi connectivity index (χ1v) is 12.4. The average molecular weight is 494 g/mol. The van der Waals surface area contributed by atoms with Gasteiger partial charge in [0.15, 0.2) is 17.3 Å². The van der Waals surface area contributed by atoms with E-state index in [9.17, 15) is 4.79 Å². The third-order valence-electron chi connectivity index (χ3n) is 5.93. The van der Waals surface area contributed by atoms with Crippen molar-refractivity contribution in [3.05, 3.63) is 60.4 Å². The number of ether oxygens (including phenoxy) is 3. The second-order valence-electron chi connectivity index (χ2n) is 8.11. The lowest BCUT2D eigenvalue weighted by Crippen LogP contribution is -2.47. The molecule has 0 aliphatic carbocycles. The number of carbonyl (C=O) groups excluding carboxylic acids is 1. The maximum Gasteiger partial charge on any atom is 0.231 e. The SMILES string of the molecule is COc1ccc(N2CCN(c3nccnc3SCC(=O)NCc3ccc4c(c3)OCO4)CC2)cc1. The molecule has 2 aromatic carbocycles. The van der Waals surface area contributed by atoms with Crippen molar-refractivity contribution >= 4 is 29.2 Å². The van der Waals surface area contributed by atoms with Crippen LogP contribution in [0, 0.1) is 0 Å². The van der Waals surface area contributed by atoms with E-state index in [2.05, 4.69) is 37.2 Å². The molecule has 0 radical (unpaired) electrons. The predicted molar refractivity (Wildman–Crippen MR) is 135 cm³/mol. The summed E-state index contributed by atoms with van der Waals surface area (Å²) in [6.07, 6.45) is 3.37. The van der Waals surface area contributed by atoms with Crippen molar-refractivity contribution in [3.63, 3.8) is 0 Å². The number of anilines is 2. The Morgan fingerprint density at radius 3 is 2.54 bits per heavy atom. The summed E-state index contributed by atoms with van der Waals surface area (Å²) in [6.45, 7) is 4.07. The van der Waals surface area contributed by atoms with E-state index < -0.39 is 0 Å². The molecule has 1 fully saturated rings. The molecule has 0 spiro atoms. The van der Waals surface area contributed by atoms with Gasteiger partial charge >= 0.3 is 0 Å². The maximum absolute atomic E-state index is 12.5. The first-order valence-electron chi connectivity index (χ1n) is 11.4. The minimum Gasteiger partial charge on any atom is -0.497 e. The summed E-state index contributed by atoms with van der Waals surface area (Å²) < 4.78 is 16.0. The van der Waals surface area contributed by atoms with E-state index in [0.29, 0.717) is 12.3 Å². The fourth-order valence-electron chi connectivity index (χ4n) is 4.04. The molecule has 0 saturated carbocycles. The standard InChI is InChI=1S/C25H27N5O4S/c1-32-20-5-3-19(4-6-20)29-10-12-30(13-11-29)24-25(27-9-8-26-24)35-16-23(31)28-15-18-2-7-21-22(14-18)34-17-33-21/h2-9,14H,10-13,15-17H2,1H3,(H,28,31). The van der Waals surface area contributed by atoms with Crippen molar-refractivity contribution in [2.45, 2.75) is 11.6 Å². The lowest BCUT2D eigenvalue weighted by atomic mass is 10.2. The highest BCUT2D eigenvalue weighted by atomic mass is 32.2. The minimum absolute atomic E-state index is 0.0615. The van der Waals surface area contributed by atoms with E-state index >= 15 is 0 Å². The highest BCUT2D eigenvalue weighted by Gasteiger charge is 2.22. The minimum atomic E-state index is -0.0615. The van der Waals surface area contributed by atoms with Gasteiger partial charge in [0.25, 0.3) is 0 Å². The van der Waals surface area contributed by atoms with E-state index in [-0.39, 0.29) is 18.5 Å². The van der Waals surface area contributed by atoms with Gasteiger partial charge in [0.1, 0.15) is 10.8 Å². The lowest BCUT2D eigenvalue weighted by Gasteiger charge is -2.37. The summed E-state index contributed by atoms with van der Waals surface area (Å²) in [6, 6.07) is 13.8. The van der Waals surface area contributed by atoms with Gasteiger partial charge in [0, 0.05) is 50.8 Å². The quantitative estimate of drug-likeness (QED) is 0.476. The van der Waals surface area contributed by atoms with Gasteiger partial charge < -0.3 is 29.3 Å². The molecule has 35 heavy (non-hydrogen) atoms. The number of piperazine rings is 1. The second-order valence-corrected chi connectivity index (χ2v) is 9.07. The molecule has 0 bridgehead atoms. The number of amides is 1. The van der Waals surface area contributed by atoms with E-state index in [1.807, 2.05) is 30.3 Å². The Balaban J connectivity index is 1.13. The Morgan fingerprint density at radius 1 is 1.00 bits per heavy atom. The zero-order valence-corrected chi connectivity index (χ0v) is 20.3. The molecular weight excluding hydrogens is 466 g/mol. The van der Waals surface area contributed by atoms with Crippen LogP contribution in [0.5, 0.6) is 17.2 Å². The molecule has 1 saturated heterocycles. The van der Waals surface area contributed by atoms with Crippen LogP contribution in [0.4, 0.5) is 11.5 Å². The molecule has 9 nitrogen and oxygen atoms in total. The topological polar surface area (TPSA) is 89.1 Å².